The van der Waals surface area contributed by atoms with Crippen LogP contribution in [0.15, 0.2) is 78.5 Å². The van der Waals surface area contributed by atoms with Gasteiger partial charge < -0.3 is 29.2 Å². The molecule has 0 spiro atoms. The zero-order valence-electron chi connectivity index (χ0n) is 39.3. The Labute approximate surface area is 392 Å². The van der Waals surface area contributed by atoms with Crippen molar-refractivity contribution in [2.24, 2.45) is 16.3 Å². The normalized spacial score (nSPS) is 19.3. The summed E-state index contributed by atoms with van der Waals surface area (Å²) in [5.41, 5.74) is 8.92. The molecule has 3 aliphatic heterocycles. The molecule has 0 radical (unpaired) electrons. The number of benzene rings is 2. The molecule has 3 aromatic rings. The minimum atomic E-state index is -0.847. The van der Waals surface area contributed by atoms with E-state index in [9.17, 15) is 24.0 Å². The quantitative estimate of drug-likeness (QED) is 0.119. The molecular formula is C52H73N7O7. The van der Waals surface area contributed by atoms with Gasteiger partial charge >= 0.3 is 0 Å². The molecule has 4 heterocycles. The molecule has 3 aliphatic rings. The molecule has 14 nitrogen and oxygen atoms in total. The van der Waals surface area contributed by atoms with Gasteiger partial charge in [0.1, 0.15) is 12.1 Å². The van der Waals surface area contributed by atoms with Gasteiger partial charge in [-0.2, -0.15) is 0 Å². The minimum Gasteiger partial charge on any atom is -0.467 e. The predicted octanol–water partition coefficient (Wildman–Crippen LogP) is 7.33. The maximum atomic E-state index is 14.0. The Kier molecular flexibility index (Phi) is 20.1. The third-order valence-corrected chi connectivity index (χ3v) is 12.0. The Hall–Kier alpha value is -5.86. The summed E-state index contributed by atoms with van der Waals surface area (Å²) in [4.78, 5) is 68.9. The van der Waals surface area contributed by atoms with Gasteiger partial charge in [0.15, 0.2) is 0 Å². The number of likely N-dealkylation sites (tertiary alicyclic amines) is 1. The topological polar surface area (TPSA) is 155 Å². The molecular weight excluding hydrogens is 835 g/mol. The van der Waals surface area contributed by atoms with Crippen LogP contribution in [0.1, 0.15) is 97.5 Å². The van der Waals surface area contributed by atoms with Crippen molar-refractivity contribution < 1.29 is 33.4 Å². The van der Waals surface area contributed by atoms with Gasteiger partial charge in [-0.15, -0.1) is 0 Å². The maximum absolute atomic E-state index is 14.0. The molecule has 6 rings (SSSR count). The lowest BCUT2D eigenvalue weighted by molar-refractivity contribution is -0.142. The molecule has 1 aromatic heterocycles. The lowest BCUT2D eigenvalue weighted by Gasteiger charge is -2.33. The number of aliphatic imine (C=N–C) groups is 1. The fourth-order valence-corrected chi connectivity index (χ4v) is 8.76. The second-order valence-corrected chi connectivity index (χ2v) is 18.4. The Balaban J connectivity index is 0.000000850. The van der Waals surface area contributed by atoms with E-state index in [2.05, 4.69) is 84.1 Å². The summed E-state index contributed by atoms with van der Waals surface area (Å²) in [5.74, 6) is -0.656. The highest BCUT2D eigenvalue weighted by molar-refractivity contribution is 5.93. The summed E-state index contributed by atoms with van der Waals surface area (Å²) in [6.45, 7) is 19.8. The monoisotopic (exact) mass is 908 g/mol. The van der Waals surface area contributed by atoms with Crippen molar-refractivity contribution in [1.82, 2.24) is 30.1 Å². The average molecular weight is 908 g/mol. The first-order valence-corrected chi connectivity index (χ1v) is 22.9. The van der Waals surface area contributed by atoms with E-state index in [-0.39, 0.29) is 61.7 Å². The summed E-state index contributed by atoms with van der Waals surface area (Å²) < 4.78 is 13.8. The molecule has 2 N–H and O–H groups in total. The fraction of sp³-hybridized carbons (Fsp3) is 0.500. The van der Waals surface area contributed by atoms with E-state index >= 15 is 0 Å². The van der Waals surface area contributed by atoms with Gasteiger partial charge in [0.25, 0.3) is 12.4 Å². The van der Waals surface area contributed by atoms with Crippen molar-refractivity contribution in [2.45, 2.75) is 112 Å². The molecule has 358 valence electrons. The number of nitrogens with one attached hydrogen (secondary N) is 2. The second-order valence-electron chi connectivity index (χ2n) is 18.4. The first-order valence-electron chi connectivity index (χ1n) is 22.9. The van der Waals surface area contributed by atoms with Crippen molar-refractivity contribution in [3.05, 3.63) is 90.3 Å². The Morgan fingerprint density at radius 3 is 2.42 bits per heavy atom. The van der Waals surface area contributed by atoms with E-state index in [1.54, 1.807) is 24.5 Å². The minimum absolute atomic E-state index is 0. The molecule has 0 saturated carbocycles. The highest BCUT2D eigenvalue weighted by atomic mass is 16.5. The van der Waals surface area contributed by atoms with Crippen LogP contribution >= 0.6 is 0 Å². The fourth-order valence-electron chi connectivity index (χ4n) is 8.76. The smallest absolute Gasteiger partial charge is 0.293 e. The van der Waals surface area contributed by atoms with Crippen molar-refractivity contribution in [3.63, 3.8) is 0 Å². The molecule has 4 atom stereocenters. The van der Waals surface area contributed by atoms with E-state index < -0.39 is 12.1 Å². The maximum Gasteiger partial charge on any atom is 0.293 e. The third-order valence-electron chi connectivity index (χ3n) is 12.0. The van der Waals surface area contributed by atoms with Crippen LogP contribution in [0, 0.1) is 11.3 Å². The molecule has 0 bridgehead atoms. The third kappa shape index (κ3) is 14.1. The zero-order chi connectivity index (χ0) is 47.1. The SMILES string of the molecule is C.C=CC(=O)N1CCCC1.CC1C=N/C=C\C=C\c2c(CC(C)(C)COC=O)c3cc(-c4cccc(CC(NC(=O)C(C(C)C)N(C)C=O)C(=O)N5CCCCN5)c4)ccc3n2C(C)CO1. The van der Waals surface area contributed by atoms with Gasteiger partial charge in [-0.25, -0.2) is 5.43 Å². The van der Waals surface area contributed by atoms with E-state index in [0.29, 0.717) is 39.0 Å². The van der Waals surface area contributed by atoms with E-state index in [1.165, 1.54) is 11.0 Å². The summed E-state index contributed by atoms with van der Waals surface area (Å²) in [6, 6.07) is 13.0. The van der Waals surface area contributed by atoms with E-state index in [4.69, 9.17) is 9.47 Å². The number of carbonyl (C=O) groups excluding carboxylic acids is 5. The Morgan fingerprint density at radius 2 is 1.76 bits per heavy atom. The first-order chi connectivity index (χ1) is 31.2. The Bertz CT molecular complexity index is 2210. The molecule has 4 unspecified atom stereocenters. The number of fused-ring (bicyclic) bond motifs is 3. The number of allylic oxidation sites excluding steroid dienone is 2. The van der Waals surface area contributed by atoms with Crippen molar-refractivity contribution >= 4 is 53.8 Å². The standard InChI is InChI=1S/C44H58N6O6.C7H11NO.CH4/c1-30(2)41(48(7)28-51)42(53)47-38(43(54)49-20-11-10-19-46-49)22-33-13-12-14-34(21-33)35-16-17-40-36(23-35)37(24-44(5,6)27-55-29-52)39-15-8-9-18-45-25-32(4)56-26-31(3)50(39)40;1-2-7(9)8-5-3-4-6-8;/h8-9,12-18,21,23,25,28-32,38,41,46H,10-11,19-20,22,24,26-27H2,1-7H3,(H,47,53);2H,1,3-6H2;1H4/b15-8+,18-9-,45-25?;;. The van der Waals surface area contributed by atoms with Crippen LogP contribution in [-0.4, -0.2) is 121 Å². The van der Waals surface area contributed by atoms with Crippen LogP contribution in [0.5, 0.6) is 0 Å². The van der Waals surface area contributed by atoms with Crippen molar-refractivity contribution in [1.29, 1.82) is 0 Å². The number of hydrogen-bond acceptors (Lipinski definition) is 9. The lowest BCUT2D eigenvalue weighted by atomic mass is 9.85. The molecule has 66 heavy (non-hydrogen) atoms. The second kappa shape index (κ2) is 25.2. The van der Waals surface area contributed by atoms with Crippen LogP contribution in [-0.2, 0) is 46.3 Å². The highest BCUT2D eigenvalue weighted by Gasteiger charge is 2.33. The number of ether oxygens (including phenoxy) is 2. The molecule has 2 saturated heterocycles. The van der Waals surface area contributed by atoms with Gasteiger partial charge in [0, 0.05) is 74.1 Å². The van der Waals surface area contributed by atoms with Crippen molar-refractivity contribution in [2.75, 3.05) is 46.4 Å². The number of rotatable bonds is 15. The number of hydrazine groups is 1. The molecule has 0 aliphatic carbocycles. The summed E-state index contributed by atoms with van der Waals surface area (Å²) in [7, 11) is 1.58. The van der Waals surface area contributed by atoms with Crippen LogP contribution in [0.3, 0.4) is 0 Å². The van der Waals surface area contributed by atoms with Gasteiger partial charge in [0.2, 0.25) is 18.2 Å². The van der Waals surface area contributed by atoms with Crippen molar-refractivity contribution in [3.8, 4) is 11.1 Å². The molecule has 14 heteroatoms. The number of carbonyl (C=O) groups is 5. The Morgan fingerprint density at radius 1 is 1.03 bits per heavy atom. The van der Waals surface area contributed by atoms with Gasteiger partial charge in [0.05, 0.1) is 25.4 Å². The number of aromatic nitrogens is 1. The van der Waals surface area contributed by atoms with E-state index in [0.717, 1.165) is 77.6 Å². The summed E-state index contributed by atoms with van der Waals surface area (Å²) in [5, 5.41) is 5.70. The largest absolute Gasteiger partial charge is 0.467 e. The predicted molar refractivity (Wildman–Crippen MR) is 263 cm³/mol. The number of likely N-dealkylation sites (N-methyl/N-ethyl adjacent to an activating group) is 1. The first kappa shape index (κ1) is 52.8. The number of nitrogens with zero attached hydrogens (tertiary/aromatic N) is 5. The highest BCUT2D eigenvalue weighted by Crippen LogP contribution is 2.38. The zero-order valence-corrected chi connectivity index (χ0v) is 39.3. The number of amides is 4. The van der Waals surface area contributed by atoms with Crippen LogP contribution in [0.2, 0.25) is 0 Å². The summed E-state index contributed by atoms with van der Waals surface area (Å²) in [6.07, 6.45) is 16.5. The van der Waals surface area contributed by atoms with Gasteiger partial charge in [-0.05, 0) is 104 Å². The lowest BCUT2D eigenvalue weighted by Crippen LogP contribution is -2.58. The molecule has 2 aromatic carbocycles. The van der Waals surface area contributed by atoms with Gasteiger partial charge in [-0.3, -0.25) is 34.0 Å². The molecule has 2 fully saturated rings. The van der Waals surface area contributed by atoms with Crippen LogP contribution in [0.4, 0.5) is 0 Å². The van der Waals surface area contributed by atoms with E-state index in [1.807, 2.05) is 50.0 Å². The summed E-state index contributed by atoms with van der Waals surface area (Å²) >= 11 is 0. The number of hydrogen-bond donors (Lipinski definition) is 2. The average Bonchev–Trinajstić information content (AvgIpc) is 3.95. The van der Waals surface area contributed by atoms with Crippen LogP contribution in [0.25, 0.3) is 28.1 Å². The van der Waals surface area contributed by atoms with Crippen LogP contribution < -0.4 is 10.7 Å². The van der Waals surface area contributed by atoms with Gasteiger partial charge in [-0.1, -0.05) is 78.1 Å². The molecule has 4 amide bonds.